The van der Waals surface area contributed by atoms with Gasteiger partial charge in [0.05, 0.1) is 24.0 Å². The summed E-state index contributed by atoms with van der Waals surface area (Å²) in [4.78, 5) is 15.3. The molecule has 0 bridgehead atoms. The van der Waals surface area contributed by atoms with Gasteiger partial charge in [-0.25, -0.2) is 14.4 Å². The van der Waals surface area contributed by atoms with E-state index in [1.54, 1.807) is 24.7 Å². The molecule has 3 aromatic rings. The molecule has 6 nitrogen and oxygen atoms in total. The van der Waals surface area contributed by atoms with Crippen molar-refractivity contribution in [2.24, 2.45) is 11.8 Å². The Hall–Kier alpha value is -2.64. The average Bonchev–Trinajstić information content (AvgIpc) is 3.10. The molecule has 3 heterocycles. The highest BCUT2D eigenvalue weighted by Crippen LogP contribution is 2.38. The summed E-state index contributed by atoms with van der Waals surface area (Å²) >= 11 is 0. The zero-order valence-corrected chi connectivity index (χ0v) is 16.1. The minimum absolute atomic E-state index is 0.0132. The van der Waals surface area contributed by atoms with Crippen LogP contribution in [0.2, 0.25) is 0 Å². The van der Waals surface area contributed by atoms with Crippen molar-refractivity contribution < 1.29 is 9.50 Å². The van der Waals surface area contributed by atoms with Crippen molar-refractivity contribution in [3.63, 3.8) is 0 Å². The van der Waals surface area contributed by atoms with Crippen LogP contribution in [-0.2, 0) is 6.54 Å². The molecule has 2 fully saturated rings. The fourth-order valence-electron chi connectivity index (χ4n) is 4.84. The van der Waals surface area contributed by atoms with Gasteiger partial charge in [0, 0.05) is 37.4 Å². The van der Waals surface area contributed by atoms with Crippen LogP contribution in [0.4, 0.5) is 10.2 Å². The number of para-hydroxylation sites is 1. The number of anilines is 1. The third-order valence-electron chi connectivity index (χ3n) is 6.23. The van der Waals surface area contributed by atoms with Crippen molar-refractivity contribution in [1.29, 1.82) is 0 Å². The molecule has 2 N–H and O–H groups in total. The fraction of sp³-hybridized carbons (Fsp3) is 0.409. The summed E-state index contributed by atoms with van der Waals surface area (Å²) in [6.07, 6.45) is 6.25. The lowest BCUT2D eigenvalue weighted by molar-refractivity contribution is 0.0735. The topological polar surface area (TPSA) is 74.2 Å². The third-order valence-corrected chi connectivity index (χ3v) is 6.23. The molecule has 1 aliphatic carbocycles. The van der Waals surface area contributed by atoms with Gasteiger partial charge in [0.15, 0.2) is 0 Å². The number of nitrogens with one attached hydrogen (secondary N) is 1. The van der Waals surface area contributed by atoms with Gasteiger partial charge >= 0.3 is 0 Å². The zero-order valence-electron chi connectivity index (χ0n) is 16.1. The van der Waals surface area contributed by atoms with E-state index >= 15 is 0 Å². The smallest absolute Gasteiger partial charge is 0.149 e. The molecule has 150 valence electrons. The van der Waals surface area contributed by atoms with Crippen molar-refractivity contribution in [1.82, 2.24) is 19.9 Å². The van der Waals surface area contributed by atoms with E-state index in [9.17, 15) is 9.50 Å². The molecular weight excluding hydrogens is 369 g/mol. The highest BCUT2D eigenvalue weighted by Gasteiger charge is 2.41. The SMILES string of the molecule is O[C@@H]1C[C@H]2CN(Cc3ccc4cccc(F)c4n3)C[C@H]2C[C@H]1Nc1cnccn1. The van der Waals surface area contributed by atoms with E-state index in [2.05, 4.69) is 25.2 Å². The van der Waals surface area contributed by atoms with E-state index < -0.39 is 6.10 Å². The summed E-state index contributed by atoms with van der Waals surface area (Å²) in [6, 6.07) is 8.95. The maximum absolute atomic E-state index is 14.1. The van der Waals surface area contributed by atoms with Crippen molar-refractivity contribution in [2.75, 3.05) is 18.4 Å². The summed E-state index contributed by atoms with van der Waals surface area (Å²) in [5, 5.41) is 14.8. The molecule has 1 aliphatic heterocycles. The van der Waals surface area contributed by atoms with Crippen molar-refractivity contribution in [3.8, 4) is 0 Å². The van der Waals surface area contributed by atoms with Gasteiger partial charge in [-0.05, 0) is 36.8 Å². The van der Waals surface area contributed by atoms with E-state index in [0.29, 0.717) is 29.7 Å². The fourth-order valence-corrected chi connectivity index (χ4v) is 4.84. The predicted molar refractivity (Wildman–Crippen MR) is 109 cm³/mol. The first-order valence-electron chi connectivity index (χ1n) is 10.1. The van der Waals surface area contributed by atoms with Crippen LogP contribution < -0.4 is 5.32 Å². The first kappa shape index (κ1) is 18.4. The Morgan fingerprint density at radius 2 is 1.97 bits per heavy atom. The number of aliphatic hydroxyl groups is 1. The second-order valence-electron chi connectivity index (χ2n) is 8.21. The van der Waals surface area contributed by atoms with Crippen molar-refractivity contribution >= 4 is 16.7 Å². The molecule has 0 amide bonds. The lowest BCUT2D eigenvalue weighted by atomic mass is 9.77. The minimum Gasteiger partial charge on any atom is -0.391 e. The van der Waals surface area contributed by atoms with E-state index in [-0.39, 0.29) is 11.9 Å². The van der Waals surface area contributed by atoms with Crippen molar-refractivity contribution in [3.05, 3.63) is 60.4 Å². The summed E-state index contributed by atoms with van der Waals surface area (Å²) < 4.78 is 14.1. The zero-order chi connectivity index (χ0) is 19.8. The van der Waals surface area contributed by atoms with Crippen LogP contribution in [-0.4, -0.2) is 50.2 Å². The molecule has 0 unspecified atom stereocenters. The van der Waals surface area contributed by atoms with Gasteiger partial charge in [-0.3, -0.25) is 9.88 Å². The highest BCUT2D eigenvalue weighted by molar-refractivity contribution is 5.79. The van der Waals surface area contributed by atoms with Gasteiger partial charge in [-0.1, -0.05) is 18.2 Å². The number of pyridine rings is 1. The third kappa shape index (κ3) is 3.80. The number of hydrogen-bond acceptors (Lipinski definition) is 6. The normalized spacial score (nSPS) is 27.1. The first-order valence-corrected chi connectivity index (χ1v) is 10.1. The Labute approximate surface area is 168 Å². The number of benzene rings is 1. The van der Waals surface area contributed by atoms with Gasteiger partial charge in [0.1, 0.15) is 17.2 Å². The Morgan fingerprint density at radius 3 is 2.79 bits per heavy atom. The number of likely N-dealkylation sites (tertiary alicyclic amines) is 1. The maximum Gasteiger partial charge on any atom is 0.149 e. The van der Waals surface area contributed by atoms with Crippen LogP contribution in [0.25, 0.3) is 10.9 Å². The molecule has 4 atom stereocenters. The molecular formula is C22H24FN5O. The molecule has 2 aromatic heterocycles. The monoisotopic (exact) mass is 393 g/mol. The van der Waals surface area contributed by atoms with Crippen LogP contribution in [0, 0.1) is 17.7 Å². The van der Waals surface area contributed by atoms with Crippen LogP contribution >= 0.6 is 0 Å². The largest absolute Gasteiger partial charge is 0.391 e. The summed E-state index contributed by atoms with van der Waals surface area (Å²) in [5.41, 5.74) is 1.32. The van der Waals surface area contributed by atoms with Crippen LogP contribution in [0.3, 0.4) is 0 Å². The first-order chi connectivity index (χ1) is 14.2. The Bertz CT molecular complexity index is 1000. The number of fused-ring (bicyclic) bond motifs is 2. The molecule has 0 spiro atoms. The number of rotatable bonds is 4. The van der Waals surface area contributed by atoms with Gasteiger partial charge in [-0.15, -0.1) is 0 Å². The number of aliphatic hydroxyl groups excluding tert-OH is 1. The second kappa shape index (κ2) is 7.65. The van der Waals surface area contributed by atoms with Gasteiger partial charge in [0.25, 0.3) is 0 Å². The minimum atomic E-state index is -0.397. The molecule has 1 saturated heterocycles. The maximum atomic E-state index is 14.1. The standard InChI is InChI=1S/C22H24FN5O/c23-18-3-1-2-14-4-5-17(26-22(14)18)13-28-11-15-8-19(20(29)9-16(15)12-28)27-21-10-24-6-7-25-21/h1-7,10,15-16,19-20,29H,8-9,11-13H2,(H,25,27)/t15-,16+,19-,20-/m1/s1. The predicted octanol–water partition coefficient (Wildman–Crippen LogP) is 2.85. The Morgan fingerprint density at radius 1 is 1.10 bits per heavy atom. The van der Waals surface area contributed by atoms with Gasteiger partial charge in [0.2, 0.25) is 0 Å². The van der Waals surface area contributed by atoms with Crippen LogP contribution in [0.1, 0.15) is 18.5 Å². The van der Waals surface area contributed by atoms with Gasteiger partial charge in [-0.2, -0.15) is 0 Å². The summed E-state index contributed by atoms with van der Waals surface area (Å²) in [5.74, 6) is 1.42. The van der Waals surface area contributed by atoms with Crippen LogP contribution in [0.5, 0.6) is 0 Å². The molecule has 1 aromatic carbocycles. The van der Waals surface area contributed by atoms with E-state index in [0.717, 1.165) is 37.0 Å². The number of nitrogens with zero attached hydrogens (tertiary/aromatic N) is 4. The van der Waals surface area contributed by atoms with E-state index in [1.807, 2.05) is 18.2 Å². The van der Waals surface area contributed by atoms with E-state index in [4.69, 9.17) is 0 Å². The number of halogens is 1. The Balaban J connectivity index is 1.26. The number of aromatic nitrogens is 3. The summed E-state index contributed by atoms with van der Waals surface area (Å²) in [7, 11) is 0. The molecule has 29 heavy (non-hydrogen) atoms. The molecule has 1 saturated carbocycles. The molecule has 2 aliphatic rings. The van der Waals surface area contributed by atoms with Crippen molar-refractivity contribution in [2.45, 2.75) is 31.5 Å². The molecule has 0 radical (unpaired) electrons. The number of hydrogen-bond donors (Lipinski definition) is 2. The quantitative estimate of drug-likeness (QED) is 0.710. The van der Waals surface area contributed by atoms with Gasteiger partial charge < -0.3 is 10.4 Å². The Kier molecular flexibility index (Phi) is 4.85. The van der Waals surface area contributed by atoms with E-state index in [1.165, 1.54) is 6.07 Å². The highest BCUT2D eigenvalue weighted by atomic mass is 19.1. The second-order valence-corrected chi connectivity index (χ2v) is 8.21. The summed E-state index contributed by atoms with van der Waals surface area (Å²) in [6.45, 7) is 2.61. The van der Waals surface area contributed by atoms with Crippen LogP contribution in [0.15, 0.2) is 48.9 Å². The lowest BCUT2D eigenvalue weighted by Crippen LogP contribution is -2.43. The lowest BCUT2D eigenvalue weighted by Gasteiger charge is -2.35. The average molecular weight is 393 g/mol. The molecule has 5 rings (SSSR count). The molecule has 7 heteroatoms.